The first-order valence-corrected chi connectivity index (χ1v) is 13.4. The van der Waals surface area contributed by atoms with Crippen molar-refractivity contribution in [3.8, 4) is 17.2 Å². The predicted molar refractivity (Wildman–Crippen MR) is 133 cm³/mol. The minimum Gasteiger partial charge on any atom is -0.504 e. The number of nitrogen functional groups attached to an aromatic ring is 1. The highest BCUT2D eigenvalue weighted by molar-refractivity contribution is 9.93. The van der Waals surface area contributed by atoms with Crippen LogP contribution in [0.5, 0.6) is 17.2 Å². The molecule has 33 heavy (non-hydrogen) atoms. The molecule has 2 aliphatic heterocycles. The minimum atomic E-state index is -0.169. The van der Waals surface area contributed by atoms with Crippen molar-refractivity contribution >= 4 is 73.5 Å². The van der Waals surface area contributed by atoms with Crippen molar-refractivity contribution in [3.63, 3.8) is 0 Å². The standard InChI is InChI=1S/C7H5BrN2O2.C7H6N2O2.C5H6N2O.Br2/c8-4-1-5-7(9-2-4)10-6(11)3-12-5;10-6-4-11-5-2-1-3-8-7(5)9-6;6-5-4(8)2-1-3-7-5;1-2/h1-2H,3H2,(H,9,10,11);1-3H,4H2,(H,8,9,10);1-3,8H,(H2,6,7);. The Hall–Kier alpha value is -2.97. The Balaban J connectivity index is 0.000000172. The number of nitrogens with one attached hydrogen (secondary N) is 2. The number of ether oxygens (including phenoxy) is 2. The van der Waals surface area contributed by atoms with Crippen LogP contribution >= 0.6 is 44.2 Å². The lowest BCUT2D eigenvalue weighted by molar-refractivity contribution is -0.119. The number of carbonyl (C=O) groups is 2. The molecule has 0 saturated carbocycles. The van der Waals surface area contributed by atoms with Gasteiger partial charge >= 0.3 is 0 Å². The SMILES string of the molecule is BrBr.Nc1ncccc1O.O=C1COc2cc(Br)cnc2N1.O=C1COc2cccnc2N1. The second-order valence-corrected chi connectivity index (χ2v) is 6.85. The van der Waals surface area contributed by atoms with E-state index in [2.05, 4.69) is 69.8 Å². The van der Waals surface area contributed by atoms with E-state index in [1.165, 1.54) is 12.3 Å². The van der Waals surface area contributed by atoms with Gasteiger partial charge in [-0.3, -0.25) is 9.59 Å². The zero-order valence-electron chi connectivity index (χ0n) is 16.7. The molecule has 0 saturated heterocycles. The van der Waals surface area contributed by atoms with Gasteiger partial charge in [0.15, 0.2) is 47.9 Å². The first-order chi connectivity index (χ1) is 15.9. The lowest BCUT2D eigenvalue weighted by atomic mass is 10.4. The maximum atomic E-state index is 10.8. The average Bonchev–Trinajstić information content (AvgIpc) is 2.83. The van der Waals surface area contributed by atoms with Crippen molar-refractivity contribution in [1.29, 1.82) is 0 Å². The summed E-state index contributed by atoms with van der Waals surface area (Å²) in [5, 5.41) is 13.9. The third-order valence-corrected chi connectivity index (χ3v) is 4.07. The van der Waals surface area contributed by atoms with Gasteiger partial charge in [-0.2, -0.15) is 0 Å². The van der Waals surface area contributed by atoms with Gasteiger partial charge in [0.25, 0.3) is 11.8 Å². The Morgan fingerprint density at radius 3 is 2.09 bits per heavy atom. The van der Waals surface area contributed by atoms with Crippen LogP contribution in [0, 0.1) is 0 Å². The average molecular weight is 649 g/mol. The number of amides is 2. The van der Waals surface area contributed by atoms with E-state index in [0.717, 1.165) is 4.47 Å². The Bertz CT molecular complexity index is 1080. The zero-order valence-corrected chi connectivity index (χ0v) is 21.4. The van der Waals surface area contributed by atoms with E-state index in [4.69, 9.17) is 20.3 Å². The molecule has 0 spiro atoms. The fraction of sp³-hybridized carbons (Fsp3) is 0.105. The van der Waals surface area contributed by atoms with E-state index >= 15 is 0 Å². The molecule has 0 aliphatic carbocycles. The molecule has 5 heterocycles. The van der Waals surface area contributed by atoms with Crippen LogP contribution in [0.1, 0.15) is 0 Å². The highest BCUT2D eigenvalue weighted by Crippen LogP contribution is 2.27. The van der Waals surface area contributed by atoms with Gasteiger partial charge in [0.1, 0.15) is 0 Å². The second kappa shape index (κ2) is 13.5. The zero-order chi connectivity index (χ0) is 24.2. The van der Waals surface area contributed by atoms with Crippen molar-refractivity contribution in [2.24, 2.45) is 0 Å². The molecular formula is C19H17Br3N6O5. The van der Waals surface area contributed by atoms with Crippen LogP contribution < -0.4 is 25.8 Å². The van der Waals surface area contributed by atoms with Gasteiger partial charge in [0, 0.05) is 51.3 Å². The second-order valence-electron chi connectivity index (χ2n) is 5.93. The summed E-state index contributed by atoms with van der Waals surface area (Å²) in [5.74, 6) is 2.10. The van der Waals surface area contributed by atoms with Crippen LogP contribution in [-0.4, -0.2) is 45.1 Å². The van der Waals surface area contributed by atoms with Crippen LogP contribution in [0.15, 0.2) is 53.4 Å². The van der Waals surface area contributed by atoms with E-state index in [9.17, 15) is 9.59 Å². The van der Waals surface area contributed by atoms with E-state index in [1.807, 2.05) is 0 Å². The predicted octanol–water partition coefficient (Wildman–Crippen LogP) is 3.65. The first kappa shape index (κ1) is 26.3. The maximum absolute atomic E-state index is 10.8. The molecule has 0 aromatic carbocycles. The van der Waals surface area contributed by atoms with Gasteiger partial charge in [0.05, 0.1) is 0 Å². The minimum absolute atomic E-state index is 0.0347. The van der Waals surface area contributed by atoms with Crippen LogP contribution in [0.25, 0.3) is 0 Å². The summed E-state index contributed by atoms with van der Waals surface area (Å²) in [7, 11) is 0. The molecule has 14 heteroatoms. The van der Waals surface area contributed by atoms with E-state index in [0.29, 0.717) is 23.1 Å². The summed E-state index contributed by atoms with van der Waals surface area (Å²) < 4.78 is 11.0. The third-order valence-electron chi connectivity index (χ3n) is 3.64. The van der Waals surface area contributed by atoms with Crippen LogP contribution in [0.2, 0.25) is 0 Å². The van der Waals surface area contributed by atoms with E-state index in [1.54, 1.807) is 36.7 Å². The molecule has 0 radical (unpaired) electrons. The van der Waals surface area contributed by atoms with Crippen molar-refractivity contribution < 1.29 is 24.2 Å². The summed E-state index contributed by atoms with van der Waals surface area (Å²) in [6, 6.07) is 8.40. The number of nitrogens with zero attached hydrogens (tertiary/aromatic N) is 3. The Labute approximate surface area is 212 Å². The van der Waals surface area contributed by atoms with Crippen molar-refractivity contribution in [2.75, 3.05) is 29.6 Å². The fourth-order valence-electron chi connectivity index (χ4n) is 2.26. The fourth-order valence-corrected chi connectivity index (χ4v) is 2.57. The van der Waals surface area contributed by atoms with E-state index in [-0.39, 0.29) is 36.6 Å². The molecule has 0 unspecified atom stereocenters. The summed E-state index contributed by atoms with van der Waals surface area (Å²) >= 11 is 8.75. The molecule has 3 aromatic rings. The topological polar surface area (TPSA) is 162 Å². The van der Waals surface area contributed by atoms with Crippen molar-refractivity contribution in [3.05, 3.63) is 53.4 Å². The van der Waals surface area contributed by atoms with Crippen molar-refractivity contribution in [2.45, 2.75) is 0 Å². The van der Waals surface area contributed by atoms with Crippen LogP contribution in [0.3, 0.4) is 0 Å². The number of carbonyl (C=O) groups excluding carboxylic acids is 2. The molecule has 5 rings (SSSR count). The molecule has 2 aliphatic rings. The maximum Gasteiger partial charge on any atom is 0.263 e. The molecule has 0 atom stereocenters. The quantitative estimate of drug-likeness (QED) is 0.285. The monoisotopic (exact) mass is 646 g/mol. The molecular weight excluding hydrogens is 632 g/mol. The summed E-state index contributed by atoms with van der Waals surface area (Å²) in [4.78, 5) is 33.1. The van der Waals surface area contributed by atoms with Crippen molar-refractivity contribution in [1.82, 2.24) is 15.0 Å². The Morgan fingerprint density at radius 2 is 1.48 bits per heavy atom. The lowest BCUT2D eigenvalue weighted by Gasteiger charge is -2.16. The Kier molecular flexibility index (Phi) is 10.8. The first-order valence-electron chi connectivity index (χ1n) is 8.92. The number of pyridine rings is 3. The lowest BCUT2D eigenvalue weighted by Crippen LogP contribution is -2.26. The number of hydrogen-bond acceptors (Lipinski definition) is 9. The molecule has 174 valence electrons. The number of aromatic hydroxyl groups is 1. The molecule has 5 N–H and O–H groups in total. The molecule has 0 bridgehead atoms. The van der Waals surface area contributed by atoms with Gasteiger partial charge in [0.2, 0.25) is 0 Å². The summed E-state index contributed by atoms with van der Waals surface area (Å²) in [5.41, 5.74) is 5.16. The number of halogens is 3. The largest absolute Gasteiger partial charge is 0.504 e. The van der Waals surface area contributed by atoms with Gasteiger partial charge in [-0.1, -0.05) is 0 Å². The number of anilines is 3. The Morgan fingerprint density at radius 1 is 0.909 bits per heavy atom. The van der Waals surface area contributed by atoms with Gasteiger partial charge in [-0.05, 0) is 46.3 Å². The number of hydrogen-bond donors (Lipinski definition) is 4. The molecule has 0 fully saturated rings. The molecule has 3 aromatic heterocycles. The number of aromatic nitrogens is 3. The summed E-state index contributed by atoms with van der Waals surface area (Å²) in [6.07, 6.45) is 4.73. The van der Waals surface area contributed by atoms with Gasteiger partial charge < -0.3 is 30.9 Å². The third kappa shape index (κ3) is 8.47. The van der Waals surface area contributed by atoms with Crippen LogP contribution in [-0.2, 0) is 9.59 Å². The highest BCUT2D eigenvalue weighted by atomic mass is 80.9. The normalized spacial score (nSPS) is 12.6. The number of nitrogens with two attached hydrogens (primary N) is 1. The smallest absolute Gasteiger partial charge is 0.263 e. The highest BCUT2D eigenvalue weighted by Gasteiger charge is 2.16. The number of rotatable bonds is 0. The number of fused-ring (bicyclic) bond motifs is 2. The van der Waals surface area contributed by atoms with Gasteiger partial charge in [-0.15, -0.1) is 0 Å². The molecule has 2 amide bonds. The summed E-state index contributed by atoms with van der Waals surface area (Å²) in [6.45, 7) is 0.143. The molecule has 11 nitrogen and oxygen atoms in total. The van der Waals surface area contributed by atoms with Crippen LogP contribution in [0.4, 0.5) is 17.5 Å². The van der Waals surface area contributed by atoms with E-state index < -0.39 is 0 Å². The van der Waals surface area contributed by atoms with Gasteiger partial charge in [-0.25, -0.2) is 15.0 Å².